The van der Waals surface area contributed by atoms with Crippen molar-refractivity contribution in [2.45, 2.75) is 19.4 Å². The first-order chi connectivity index (χ1) is 8.22. The lowest BCUT2D eigenvalue weighted by atomic mass is 10.1. The summed E-state index contributed by atoms with van der Waals surface area (Å²) in [5, 5.41) is 1.10. The van der Waals surface area contributed by atoms with Crippen LogP contribution in [0.15, 0.2) is 30.5 Å². The van der Waals surface area contributed by atoms with Crippen molar-refractivity contribution in [3.05, 3.63) is 36.0 Å². The molecular formula is C13H17ClN2O2. The van der Waals surface area contributed by atoms with Gasteiger partial charge in [0.1, 0.15) is 6.04 Å². The van der Waals surface area contributed by atoms with Crippen LogP contribution in [0.2, 0.25) is 0 Å². The molecule has 98 valence electrons. The second-order valence-electron chi connectivity index (χ2n) is 3.92. The summed E-state index contributed by atoms with van der Waals surface area (Å²) in [5.74, 6) is -0.349. The van der Waals surface area contributed by atoms with Gasteiger partial charge in [-0.15, -0.1) is 12.4 Å². The van der Waals surface area contributed by atoms with Crippen molar-refractivity contribution in [3.8, 4) is 0 Å². The minimum Gasteiger partial charge on any atom is -0.465 e. The fraction of sp³-hybridized carbons (Fsp3) is 0.308. The number of aromatic amines is 1. The van der Waals surface area contributed by atoms with Gasteiger partial charge in [-0.25, -0.2) is 0 Å². The van der Waals surface area contributed by atoms with Crippen LogP contribution < -0.4 is 5.73 Å². The molecule has 1 heterocycles. The normalized spacial score (nSPS) is 11.9. The Labute approximate surface area is 112 Å². The number of para-hydroxylation sites is 1. The molecule has 0 amide bonds. The first-order valence-corrected chi connectivity index (χ1v) is 5.69. The van der Waals surface area contributed by atoms with Gasteiger partial charge >= 0.3 is 5.97 Å². The fourth-order valence-corrected chi connectivity index (χ4v) is 1.87. The highest BCUT2D eigenvalue weighted by atomic mass is 35.5. The van der Waals surface area contributed by atoms with E-state index in [-0.39, 0.29) is 18.4 Å². The molecule has 0 spiro atoms. The second kappa shape index (κ2) is 6.42. The minimum atomic E-state index is -0.603. The molecule has 3 N–H and O–H groups in total. The third kappa shape index (κ3) is 3.03. The summed E-state index contributed by atoms with van der Waals surface area (Å²) < 4.78 is 4.89. The number of nitrogens with two attached hydrogens (primary N) is 1. The van der Waals surface area contributed by atoms with Gasteiger partial charge in [0.15, 0.2) is 0 Å². The van der Waals surface area contributed by atoms with E-state index in [0.717, 1.165) is 16.5 Å². The lowest BCUT2D eigenvalue weighted by Crippen LogP contribution is -2.34. The third-order valence-electron chi connectivity index (χ3n) is 2.70. The number of esters is 1. The summed E-state index contributed by atoms with van der Waals surface area (Å²) in [6, 6.07) is 7.34. The average molecular weight is 269 g/mol. The van der Waals surface area contributed by atoms with Gasteiger partial charge in [0.05, 0.1) is 6.61 Å². The Morgan fingerprint density at radius 2 is 2.17 bits per heavy atom. The van der Waals surface area contributed by atoms with Crippen molar-refractivity contribution < 1.29 is 9.53 Å². The van der Waals surface area contributed by atoms with Crippen LogP contribution in [0.25, 0.3) is 10.9 Å². The lowest BCUT2D eigenvalue weighted by molar-refractivity contribution is -0.144. The molecule has 4 nitrogen and oxygen atoms in total. The molecule has 2 aromatic rings. The average Bonchev–Trinajstić information content (AvgIpc) is 2.73. The molecule has 5 heteroatoms. The van der Waals surface area contributed by atoms with Crippen molar-refractivity contribution in [3.63, 3.8) is 0 Å². The summed E-state index contributed by atoms with van der Waals surface area (Å²) in [5.41, 5.74) is 7.89. The number of rotatable bonds is 4. The van der Waals surface area contributed by atoms with Crippen LogP contribution in [0.4, 0.5) is 0 Å². The number of fused-ring (bicyclic) bond motifs is 1. The molecule has 0 aliphatic rings. The quantitative estimate of drug-likeness (QED) is 0.834. The molecule has 0 aliphatic carbocycles. The Morgan fingerprint density at radius 3 is 2.89 bits per heavy atom. The highest BCUT2D eigenvalue weighted by Gasteiger charge is 2.16. The van der Waals surface area contributed by atoms with Crippen LogP contribution in [0.3, 0.4) is 0 Å². The summed E-state index contributed by atoms with van der Waals surface area (Å²) in [6.07, 6.45) is 2.38. The van der Waals surface area contributed by atoms with Crippen LogP contribution in [0.5, 0.6) is 0 Å². The Kier molecular flexibility index (Phi) is 5.19. The third-order valence-corrected chi connectivity index (χ3v) is 2.70. The molecule has 1 atom stereocenters. The van der Waals surface area contributed by atoms with Gasteiger partial charge in [0.25, 0.3) is 0 Å². The van der Waals surface area contributed by atoms with Crippen molar-refractivity contribution >= 4 is 29.3 Å². The lowest BCUT2D eigenvalue weighted by Gasteiger charge is -2.09. The molecule has 0 fully saturated rings. The van der Waals surface area contributed by atoms with E-state index in [2.05, 4.69) is 4.98 Å². The standard InChI is InChI=1S/C13H16N2O2.ClH/c1-2-17-13(16)11(14)7-9-8-15-12-6-4-3-5-10(9)12;/h3-6,8,11,15H,2,7,14H2,1H3;1H. The zero-order chi connectivity index (χ0) is 12.3. The number of carbonyl (C=O) groups excluding carboxylic acids is 1. The van der Waals surface area contributed by atoms with Gasteiger partial charge in [-0.3, -0.25) is 4.79 Å². The maximum Gasteiger partial charge on any atom is 0.323 e. The topological polar surface area (TPSA) is 68.1 Å². The maximum atomic E-state index is 11.4. The highest BCUT2D eigenvalue weighted by molar-refractivity contribution is 5.85. The number of nitrogens with one attached hydrogen (secondary N) is 1. The van der Waals surface area contributed by atoms with Crippen molar-refractivity contribution in [2.24, 2.45) is 5.73 Å². The molecule has 0 radical (unpaired) electrons. The number of aromatic nitrogens is 1. The monoisotopic (exact) mass is 268 g/mol. The zero-order valence-corrected chi connectivity index (χ0v) is 11.0. The fourth-order valence-electron chi connectivity index (χ4n) is 1.87. The second-order valence-corrected chi connectivity index (χ2v) is 3.92. The van der Waals surface area contributed by atoms with E-state index < -0.39 is 6.04 Å². The Bertz CT molecular complexity index is 524. The van der Waals surface area contributed by atoms with E-state index in [1.165, 1.54) is 0 Å². The Hall–Kier alpha value is -1.52. The van der Waals surface area contributed by atoms with Crippen molar-refractivity contribution in [1.82, 2.24) is 4.98 Å². The van der Waals surface area contributed by atoms with Gasteiger partial charge in [0.2, 0.25) is 0 Å². The number of halogens is 1. The summed E-state index contributed by atoms with van der Waals surface area (Å²) in [4.78, 5) is 14.6. The minimum absolute atomic E-state index is 0. The molecule has 1 aromatic carbocycles. The van der Waals surface area contributed by atoms with Crippen LogP contribution in [-0.4, -0.2) is 23.6 Å². The summed E-state index contributed by atoms with van der Waals surface area (Å²) in [6.45, 7) is 2.14. The van der Waals surface area contributed by atoms with Crippen LogP contribution in [0, 0.1) is 0 Å². The predicted molar refractivity (Wildman–Crippen MR) is 73.9 cm³/mol. The van der Waals surface area contributed by atoms with E-state index in [0.29, 0.717) is 13.0 Å². The predicted octanol–water partition coefficient (Wildman–Crippen LogP) is 2.02. The van der Waals surface area contributed by atoms with Crippen LogP contribution >= 0.6 is 12.4 Å². The van der Waals surface area contributed by atoms with Gasteiger partial charge in [-0.1, -0.05) is 18.2 Å². The van der Waals surface area contributed by atoms with E-state index in [9.17, 15) is 4.79 Å². The molecular weight excluding hydrogens is 252 g/mol. The Balaban J connectivity index is 0.00000162. The maximum absolute atomic E-state index is 11.4. The number of H-pyrrole nitrogens is 1. The van der Waals surface area contributed by atoms with Gasteiger partial charge in [-0.2, -0.15) is 0 Å². The molecule has 0 saturated carbocycles. The van der Waals surface area contributed by atoms with E-state index in [4.69, 9.17) is 10.5 Å². The SMILES string of the molecule is CCOC(=O)C(N)Cc1c[nH]c2ccccc12.Cl. The number of carbonyl (C=O) groups is 1. The molecule has 1 aromatic heterocycles. The number of hydrogen-bond donors (Lipinski definition) is 2. The first kappa shape index (κ1) is 14.5. The highest BCUT2D eigenvalue weighted by Crippen LogP contribution is 2.18. The molecule has 1 unspecified atom stereocenters. The van der Waals surface area contributed by atoms with Gasteiger partial charge in [0, 0.05) is 23.5 Å². The molecule has 0 bridgehead atoms. The van der Waals surface area contributed by atoms with Crippen molar-refractivity contribution in [1.29, 1.82) is 0 Å². The summed E-state index contributed by atoms with van der Waals surface area (Å²) >= 11 is 0. The largest absolute Gasteiger partial charge is 0.465 e. The molecule has 0 saturated heterocycles. The number of hydrogen-bond acceptors (Lipinski definition) is 3. The van der Waals surface area contributed by atoms with Crippen molar-refractivity contribution in [2.75, 3.05) is 6.61 Å². The van der Waals surface area contributed by atoms with Crippen LogP contribution in [-0.2, 0) is 16.0 Å². The number of ether oxygens (including phenoxy) is 1. The smallest absolute Gasteiger partial charge is 0.323 e. The molecule has 2 rings (SSSR count). The van der Waals surface area contributed by atoms with Gasteiger partial charge in [-0.05, 0) is 18.6 Å². The van der Waals surface area contributed by atoms with E-state index in [1.807, 2.05) is 30.5 Å². The molecule has 18 heavy (non-hydrogen) atoms. The molecule has 0 aliphatic heterocycles. The zero-order valence-electron chi connectivity index (χ0n) is 10.2. The Morgan fingerprint density at radius 1 is 1.44 bits per heavy atom. The summed E-state index contributed by atoms with van der Waals surface area (Å²) in [7, 11) is 0. The van der Waals surface area contributed by atoms with E-state index in [1.54, 1.807) is 6.92 Å². The van der Waals surface area contributed by atoms with Crippen LogP contribution in [0.1, 0.15) is 12.5 Å². The van der Waals surface area contributed by atoms with Gasteiger partial charge < -0.3 is 15.5 Å². The van der Waals surface area contributed by atoms with E-state index >= 15 is 0 Å². The first-order valence-electron chi connectivity index (χ1n) is 5.69. The number of benzene rings is 1.